The smallest absolute Gasteiger partial charge is 0.302 e. The van der Waals surface area contributed by atoms with E-state index in [9.17, 15) is 14.3 Å². The highest BCUT2D eigenvalue weighted by molar-refractivity contribution is 5.65. The number of phenolic OH excluding ortho intramolecular Hbond substituents is 1. The molecule has 0 amide bonds. The van der Waals surface area contributed by atoms with Crippen molar-refractivity contribution < 1.29 is 23.8 Å². The average Bonchev–Trinajstić information content (AvgIpc) is 2.49. The molecule has 2 rings (SSSR count). The summed E-state index contributed by atoms with van der Waals surface area (Å²) in [6.45, 7) is 1.42. The van der Waals surface area contributed by atoms with Crippen LogP contribution in [0.2, 0.25) is 0 Å². The molecule has 0 radical (unpaired) electrons. The summed E-state index contributed by atoms with van der Waals surface area (Å²) in [6.07, 6.45) is 0.259. The second-order valence-corrected chi connectivity index (χ2v) is 4.88. The Kier molecular flexibility index (Phi) is 4.99. The van der Waals surface area contributed by atoms with Crippen molar-refractivity contribution in [3.05, 3.63) is 58.9 Å². The van der Waals surface area contributed by atoms with Crippen molar-refractivity contribution in [2.24, 2.45) is 0 Å². The zero-order valence-electron chi connectivity index (χ0n) is 12.4. The van der Waals surface area contributed by atoms with Gasteiger partial charge >= 0.3 is 5.97 Å². The normalized spacial score (nSPS) is 10.3. The highest BCUT2D eigenvalue weighted by atomic mass is 19.1. The molecule has 0 bridgehead atoms. The predicted molar refractivity (Wildman–Crippen MR) is 79.3 cm³/mol. The van der Waals surface area contributed by atoms with Gasteiger partial charge in [-0.25, -0.2) is 4.39 Å². The Balaban J connectivity index is 2.14. The molecule has 2 aromatic rings. The lowest BCUT2D eigenvalue weighted by molar-refractivity contribution is -0.142. The molecule has 0 atom stereocenters. The second-order valence-electron chi connectivity index (χ2n) is 4.88. The summed E-state index contributed by atoms with van der Waals surface area (Å²) in [7, 11) is 1.47. The molecule has 0 saturated carbocycles. The monoisotopic (exact) mass is 304 g/mol. The minimum atomic E-state index is -0.386. The van der Waals surface area contributed by atoms with E-state index >= 15 is 0 Å². The van der Waals surface area contributed by atoms with Crippen molar-refractivity contribution in [3.63, 3.8) is 0 Å². The maximum absolute atomic E-state index is 13.9. The van der Waals surface area contributed by atoms with Gasteiger partial charge in [-0.1, -0.05) is 18.2 Å². The molecule has 22 heavy (non-hydrogen) atoms. The number of hydrogen-bond donors (Lipinski definition) is 1. The third-order valence-electron chi connectivity index (χ3n) is 3.23. The quantitative estimate of drug-likeness (QED) is 0.862. The van der Waals surface area contributed by atoms with Crippen LogP contribution in [0.4, 0.5) is 4.39 Å². The van der Waals surface area contributed by atoms with Crippen molar-refractivity contribution in [1.82, 2.24) is 0 Å². The summed E-state index contributed by atoms with van der Waals surface area (Å²) in [5, 5.41) is 10.0. The number of methoxy groups -OCH3 is 1. The van der Waals surface area contributed by atoms with Crippen LogP contribution in [-0.4, -0.2) is 18.2 Å². The summed E-state index contributed by atoms with van der Waals surface area (Å²) in [5.74, 6) is -0.284. The standard InChI is InChI=1S/C17H17FO4/c1-11(19)22-10-12-3-4-14(17(20)7-12)8-13-5-6-15(21-2)9-16(13)18/h3-7,9,20H,8,10H2,1-2H3. The molecule has 0 fully saturated rings. The molecule has 5 heteroatoms. The number of carbonyl (C=O) groups is 1. The van der Waals surface area contributed by atoms with E-state index in [2.05, 4.69) is 0 Å². The molecule has 2 aromatic carbocycles. The molecule has 0 aliphatic rings. The molecule has 0 saturated heterocycles. The molecule has 0 heterocycles. The summed E-state index contributed by atoms with van der Waals surface area (Å²) in [4.78, 5) is 10.8. The van der Waals surface area contributed by atoms with E-state index in [4.69, 9.17) is 9.47 Å². The Morgan fingerprint density at radius 1 is 1.18 bits per heavy atom. The van der Waals surface area contributed by atoms with Gasteiger partial charge in [-0.15, -0.1) is 0 Å². The Bertz CT molecular complexity index is 682. The van der Waals surface area contributed by atoms with Gasteiger partial charge in [-0.2, -0.15) is 0 Å². The molecule has 0 aliphatic carbocycles. The number of hydrogen-bond acceptors (Lipinski definition) is 4. The third kappa shape index (κ3) is 3.97. The SMILES string of the molecule is COc1ccc(Cc2ccc(COC(C)=O)cc2O)c(F)c1. The Hall–Kier alpha value is -2.56. The fourth-order valence-corrected chi connectivity index (χ4v) is 2.04. The molecule has 4 nitrogen and oxygen atoms in total. The largest absolute Gasteiger partial charge is 0.508 e. The topological polar surface area (TPSA) is 55.8 Å². The molecule has 0 aromatic heterocycles. The van der Waals surface area contributed by atoms with Crippen molar-refractivity contribution in [3.8, 4) is 11.5 Å². The number of benzene rings is 2. The van der Waals surface area contributed by atoms with Gasteiger partial charge < -0.3 is 14.6 Å². The molecular formula is C17H17FO4. The first-order valence-electron chi connectivity index (χ1n) is 6.76. The molecule has 0 aliphatic heterocycles. The number of phenols is 1. The number of ether oxygens (including phenoxy) is 2. The van der Waals surface area contributed by atoms with E-state index in [0.717, 1.165) is 0 Å². The van der Waals surface area contributed by atoms with E-state index in [0.29, 0.717) is 22.4 Å². The van der Waals surface area contributed by atoms with E-state index in [1.165, 1.54) is 26.2 Å². The first-order valence-corrected chi connectivity index (χ1v) is 6.76. The lowest BCUT2D eigenvalue weighted by atomic mass is 10.0. The Morgan fingerprint density at radius 3 is 2.50 bits per heavy atom. The van der Waals surface area contributed by atoms with E-state index < -0.39 is 0 Å². The van der Waals surface area contributed by atoms with Gasteiger partial charge in [0.25, 0.3) is 0 Å². The number of halogens is 1. The highest BCUT2D eigenvalue weighted by Crippen LogP contribution is 2.25. The van der Waals surface area contributed by atoms with Gasteiger partial charge in [0.05, 0.1) is 7.11 Å². The first-order chi connectivity index (χ1) is 10.5. The summed E-state index contributed by atoms with van der Waals surface area (Å²) in [6, 6.07) is 9.54. The van der Waals surface area contributed by atoms with Crippen molar-refractivity contribution in [2.75, 3.05) is 7.11 Å². The Morgan fingerprint density at radius 2 is 1.91 bits per heavy atom. The van der Waals surface area contributed by atoms with E-state index in [1.807, 2.05) is 0 Å². The molecular weight excluding hydrogens is 287 g/mol. The van der Waals surface area contributed by atoms with Gasteiger partial charge in [-0.05, 0) is 28.8 Å². The van der Waals surface area contributed by atoms with Crippen LogP contribution in [0.1, 0.15) is 23.6 Å². The molecule has 1 N–H and O–H groups in total. The van der Waals surface area contributed by atoms with Crippen molar-refractivity contribution >= 4 is 5.97 Å². The molecule has 0 unspecified atom stereocenters. The lowest BCUT2D eigenvalue weighted by Crippen LogP contribution is -1.99. The highest BCUT2D eigenvalue weighted by Gasteiger charge is 2.09. The second kappa shape index (κ2) is 6.93. The van der Waals surface area contributed by atoms with Crippen LogP contribution in [0.15, 0.2) is 36.4 Å². The minimum absolute atomic E-state index is 0.0415. The zero-order valence-corrected chi connectivity index (χ0v) is 12.4. The number of aromatic hydroxyl groups is 1. The number of rotatable bonds is 5. The van der Waals surface area contributed by atoms with Gasteiger partial charge in [0.2, 0.25) is 0 Å². The van der Waals surface area contributed by atoms with Crippen molar-refractivity contribution in [1.29, 1.82) is 0 Å². The van der Waals surface area contributed by atoms with Gasteiger partial charge in [0.15, 0.2) is 0 Å². The van der Waals surface area contributed by atoms with Gasteiger partial charge in [0, 0.05) is 19.4 Å². The molecule has 0 spiro atoms. The fourth-order valence-electron chi connectivity index (χ4n) is 2.04. The Labute approximate surface area is 128 Å². The first kappa shape index (κ1) is 15.8. The lowest BCUT2D eigenvalue weighted by Gasteiger charge is -2.09. The maximum Gasteiger partial charge on any atom is 0.302 e. The van der Waals surface area contributed by atoms with Crippen LogP contribution in [0.25, 0.3) is 0 Å². The van der Waals surface area contributed by atoms with Crippen LogP contribution >= 0.6 is 0 Å². The van der Waals surface area contributed by atoms with Crippen LogP contribution < -0.4 is 4.74 Å². The zero-order chi connectivity index (χ0) is 16.1. The molecule has 116 valence electrons. The third-order valence-corrected chi connectivity index (χ3v) is 3.23. The van der Waals surface area contributed by atoms with E-state index in [1.54, 1.807) is 24.3 Å². The van der Waals surface area contributed by atoms with Crippen LogP contribution in [-0.2, 0) is 22.6 Å². The van der Waals surface area contributed by atoms with Gasteiger partial charge in [0.1, 0.15) is 23.9 Å². The summed E-state index contributed by atoms with van der Waals surface area (Å²) >= 11 is 0. The van der Waals surface area contributed by atoms with Gasteiger partial charge in [-0.3, -0.25) is 4.79 Å². The fraction of sp³-hybridized carbons (Fsp3) is 0.235. The number of carbonyl (C=O) groups excluding carboxylic acids is 1. The average molecular weight is 304 g/mol. The predicted octanol–water partition coefficient (Wildman–Crippen LogP) is 3.19. The van der Waals surface area contributed by atoms with Crippen molar-refractivity contribution in [2.45, 2.75) is 20.0 Å². The van der Waals surface area contributed by atoms with Crippen LogP contribution in [0, 0.1) is 5.82 Å². The minimum Gasteiger partial charge on any atom is -0.508 e. The maximum atomic E-state index is 13.9. The van der Waals surface area contributed by atoms with Crippen LogP contribution in [0.5, 0.6) is 11.5 Å². The number of esters is 1. The van der Waals surface area contributed by atoms with Crippen LogP contribution in [0.3, 0.4) is 0 Å². The van der Waals surface area contributed by atoms with E-state index in [-0.39, 0.29) is 30.6 Å². The summed E-state index contributed by atoms with van der Waals surface area (Å²) in [5.41, 5.74) is 1.73. The summed E-state index contributed by atoms with van der Waals surface area (Å²) < 4.78 is 23.7.